The van der Waals surface area contributed by atoms with Crippen LogP contribution in [0.5, 0.6) is 5.75 Å². The largest absolute Gasteiger partial charge is 0.494 e. The third kappa shape index (κ3) is 4.93. The first-order chi connectivity index (χ1) is 15.0. The van der Waals surface area contributed by atoms with E-state index >= 15 is 0 Å². The van der Waals surface area contributed by atoms with Crippen LogP contribution in [-0.2, 0) is 0 Å². The minimum Gasteiger partial charge on any atom is -0.494 e. The second-order valence-corrected chi connectivity index (χ2v) is 8.29. The van der Waals surface area contributed by atoms with Gasteiger partial charge in [0, 0.05) is 10.6 Å². The molecule has 0 aliphatic rings. The molecule has 156 valence electrons. The van der Waals surface area contributed by atoms with Gasteiger partial charge in [0.15, 0.2) is 0 Å². The molecule has 0 radical (unpaired) electrons. The van der Waals surface area contributed by atoms with Gasteiger partial charge < -0.3 is 4.74 Å². The van der Waals surface area contributed by atoms with Crippen molar-refractivity contribution in [2.75, 3.05) is 11.6 Å². The van der Waals surface area contributed by atoms with Crippen molar-refractivity contribution in [2.45, 2.75) is 13.8 Å². The molecule has 0 aliphatic heterocycles. The van der Waals surface area contributed by atoms with Crippen LogP contribution in [0.15, 0.2) is 71.8 Å². The molecule has 1 amide bonds. The minimum atomic E-state index is -0.305. The summed E-state index contributed by atoms with van der Waals surface area (Å²) in [6.45, 7) is 4.57. The average molecular weight is 450 g/mol. The van der Waals surface area contributed by atoms with Gasteiger partial charge >= 0.3 is 0 Å². The molecule has 1 heterocycles. The molecule has 7 heteroatoms. The van der Waals surface area contributed by atoms with Gasteiger partial charge in [0.1, 0.15) is 5.75 Å². The Morgan fingerprint density at radius 2 is 1.97 bits per heavy atom. The highest BCUT2D eigenvalue weighted by atomic mass is 35.5. The number of aryl methyl sites for hydroxylation is 1. The number of anilines is 1. The Morgan fingerprint density at radius 3 is 2.71 bits per heavy atom. The molecule has 0 unspecified atom stereocenters. The zero-order valence-electron chi connectivity index (χ0n) is 17.1. The van der Waals surface area contributed by atoms with Crippen molar-refractivity contribution >= 4 is 50.4 Å². The highest BCUT2D eigenvalue weighted by Crippen LogP contribution is 2.31. The van der Waals surface area contributed by atoms with Crippen molar-refractivity contribution in [3.8, 4) is 5.75 Å². The van der Waals surface area contributed by atoms with Crippen LogP contribution in [0, 0.1) is 6.92 Å². The summed E-state index contributed by atoms with van der Waals surface area (Å²) in [6, 6.07) is 20.3. The Bertz CT molecular complexity index is 1250. The van der Waals surface area contributed by atoms with E-state index in [0.717, 1.165) is 27.1 Å². The van der Waals surface area contributed by atoms with Crippen LogP contribution in [0.4, 0.5) is 5.13 Å². The molecule has 4 rings (SSSR count). The zero-order chi connectivity index (χ0) is 21.8. The standard InChI is InChI=1S/C24H20ClN3O2S/c1-3-30-20-10-8-17(9-11-20)15-26-28(23(29)18-5-4-6-19(25)14-18)24-27-21-12-7-16(2)13-22(21)31-24/h4-15H,3H2,1-2H3/b26-15+. The summed E-state index contributed by atoms with van der Waals surface area (Å²) in [7, 11) is 0. The Labute approximate surface area is 189 Å². The number of halogens is 1. The van der Waals surface area contributed by atoms with E-state index in [1.807, 2.05) is 50.2 Å². The maximum absolute atomic E-state index is 13.3. The number of nitrogens with zero attached hydrogens (tertiary/aromatic N) is 3. The number of hydrazone groups is 1. The molecule has 0 spiro atoms. The maximum Gasteiger partial charge on any atom is 0.280 e. The SMILES string of the molecule is CCOc1ccc(/C=N/N(C(=O)c2cccc(Cl)c2)c2nc3ccc(C)cc3s2)cc1. The monoisotopic (exact) mass is 449 g/mol. The highest BCUT2D eigenvalue weighted by molar-refractivity contribution is 7.22. The zero-order valence-corrected chi connectivity index (χ0v) is 18.7. The summed E-state index contributed by atoms with van der Waals surface area (Å²) >= 11 is 7.52. The van der Waals surface area contributed by atoms with Gasteiger partial charge in [-0.3, -0.25) is 4.79 Å². The molecule has 0 saturated heterocycles. The fourth-order valence-electron chi connectivity index (χ4n) is 2.98. The second kappa shape index (κ2) is 9.29. The fraction of sp³-hybridized carbons (Fsp3) is 0.125. The molecule has 0 N–H and O–H groups in total. The van der Waals surface area contributed by atoms with Crippen LogP contribution in [-0.4, -0.2) is 23.7 Å². The number of hydrogen-bond donors (Lipinski definition) is 0. The molecule has 0 atom stereocenters. The van der Waals surface area contributed by atoms with Gasteiger partial charge in [-0.25, -0.2) is 4.98 Å². The second-order valence-electron chi connectivity index (χ2n) is 6.84. The molecule has 0 bridgehead atoms. The highest BCUT2D eigenvalue weighted by Gasteiger charge is 2.21. The van der Waals surface area contributed by atoms with Gasteiger partial charge in [0.2, 0.25) is 5.13 Å². The summed E-state index contributed by atoms with van der Waals surface area (Å²) in [6.07, 6.45) is 1.63. The van der Waals surface area contributed by atoms with Gasteiger partial charge in [-0.05, 0) is 79.6 Å². The molecule has 31 heavy (non-hydrogen) atoms. The summed E-state index contributed by atoms with van der Waals surface area (Å²) in [5.41, 5.74) is 3.23. The van der Waals surface area contributed by atoms with Gasteiger partial charge in [0.05, 0.1) is 23.0 Å². The first-order valence-corrected chi connectivity index (χ1v) is 11.0. The molecule has 0 aliphatic carbocycles. The van der Waals surface area contributed by atoms with Crippen LogP contribution in [0.1, 0.15) is 28.4 Å². The van der Waals surface area contributed by atoms with Crippen LogP contribution >= 0.6 is 22.9 Å². The Morgan fingerprint density at radius 1 is 1.16 bits per heavy atom. The fourth-order valence-corrected chi connectivity index (χ4v) is 4.19. The lowest BCUT2D eigenvalue weighted by Gasteiger charge is -2.14. The molecule has 1 aromatic heterocycles. The first kappa shape index (κ1) is 21.0. The van der Waals surface area contributed by atoms with E-state index in [4.69, 9.17) is 16.3 Å². The molecule has 0 saturated carbocycles. The van der Waals surface area contributed by atoms with Crippen molar-refractivity contribution in [2.24, 2.45) is 5.10 Å². The van der Waals surface area contributed by atoms with E-state index < -0.39 is 0 Å². The van der Waals surface area contributed by atoms with E-state index in [9.17, 15) is 4.79 Å². The van der Waals surface area contributed by atoms with Gasteiger partial charge in [-0.15, -0.1) is 0 Å². The number of amides is 1. The van der Waals surface area contributed by atoms with Gasteiger partial charge in [-0.1, -0.05) is 35.1 Å². The topological polar surface area (TPSA) is 54.8 Å². The number of aromatic nitrogens is 1. The normalized spacial score (nSPS) is 11.2. The molecule has 4 aromatic rings. The third-order valence-electron chi connectivity index (χ3n) is 4.49. The molecule has 3 aromatic carbocycles. The van der Waals surface area contributed by atoms with E-state index in [1.165, 1.54) is 16.3 Å². The molecule has 0 fully saturated rings. The summed E-state index contributed by atoms with van der Waals surface area (Å²) in [5.74, 6) is 0.480. The van der Waals surface area contributed by atoms with E-state index in [0.29, 0.717) is 22.3 Å². The number of ether oxygens (including phenoxy) is 1. The summed E-state index contributed by atoms with van der Waals surface area (Å²) in [5, 5.41) is 6.79. The van der Waals surface area contributed by atoms with Crippen LogP contribution in [0.2, 0.25) is 5.02 Å². The Kier molecular flexibility index (Phi) is 6.30. The van der Waals surface area contributed by atoms with Crippen molar-refractivity contribution in [3.63, 3.8) is 0 Å². The van der Waals surface area contributed by atoms with Crippen LogP contribution in [0.3, 0.4) is 0 Å². The van der Waals surface area contributed by atoms with Crippen molar-refractivity contribution < 1.29 is 9.53 Å². The number of thiazole rings is 1. The summed E-state index contributed by atoms with van der Waals surface area (Å²) < 4.78 is 6.47. The number of hydrogen-bond acceptors (Lipinski definition) is 5. The quantitative estimate of drug-likeness (QED) is 0.255. The number of carbonyl (C=O) groups is 1. The Hall–Kier alpha value is -3.22. The predicted octanol–water partition coefficient (Wildman–Crippen LogP) is 6.34. The lowest BCUT2D eigenvalue weighted by molar-refractivity contribution is 0.0988. The molecular formula is C24H20ClN3O2S. The van der Waals surface area contributed by atoms with Crippen LogP contribution < -0.4 is 9.75 Å². The Balaban J connectivity index is 1.71. The van der Waals surface area contributed by atoms with E-state index in [1.54, 1.807) is 30.5 Å². The van der Waals surface area contributed by atoms with Crippen molar-refractivity contribution in [1.82, 2.24) is 4.98 Å². The lowest BCUT2D eigenvalue weighted by Crippen LogP contribution is -2.25. The number of carbonyl (C=O) groups excluding carboxylic acids is 1. The third-order valence-corrected chi connectivity index (χ3v) is 5.72. The van der Waals surface area contributed by atoms with E-state index in [-0.39, 0.29) is 5.91 Å². The number of benzene rings is 3. The lowest BCUT2D eigenvalue weighted by atomic mass is 10.2. The molecule has 5 nitrogen and oxygen atoms in total. The first-order valence-electron chi connectivity index (χ1n) is 9.77. The summed E-state index contributed by atoms with van der Waals surface area (Å²) in [4.78, 5) is 17.9. The van der Waals surface area contributed by atoms with Gasteiger partial charge in [0.25, 0.3) is 5.91 Å². The number of fused-ring (bicyclic) bond motifs is 1. The predicted molar refractivity (Wildman–Crippen MR) is 128 cm³/mol. The van der Waals surface area contributed by atoms with Crippen LogP contribution in [0.25, 0.3) is 10.2 Å². The van der Waals surface area contributed by atoms with Crippen molar-refractivity contribution in [3.05, 3.63) is 88.4 Å². The van der Waals surface area contributed by atoms with E-state index in [2.05, 4.69) is 16.2 Å². The van der Waals surface area contributed by atoms with Crippen molar-refractivity contribution in [1.29, 1.82) is 0 Å². The smallest absolute Gasteiger partial charge is 0.280 e. The van der Waals surface area contributed by atoms with Gasteiger partial charge in [-0.2, -0.15) is 10.1 Å². The maximum atomic E-state index is 13.3. The minimum absolute atomic E-state index is 0.305. The molecular weight excluding hydrogens is 430 g/mol. The number of rotatable bonds is 6. The average Bonchev–Trinajstić information content (AvgIpc) is 3.18.